The normalized spacial score (nSPS) is 10.1. The fourth-order valence-electron chi connectivity index (χ4n) is 2.16. The number of nitrogens with one attached hydrogen (secondary N) is 2. The number of carbonyl (C=O) groups is 2. The average Bonchev–Trinajstić information content (AvgIpc) is 2.64. The Labute approximate surface area is 164 Å². The number of para-hydroxylation sites is 1. The van der Waals surface area contributed by atoms with Crippen LogP contribution in [0.5, 0.6) is 0 Å². The summed E-state index contributed by atoms with van der Waals surface area (Å²) in [5, 5.41) is 12.2. The minimum atomic E-state index is -0.625. The quantitative estimate of drug-likeness (QED) is 0.540. The predicted octanol–water partition coefficient (Wildman–Crippen LogP) is 2.55. The van der Waals surface area contributed by atoms with Crippen LogP contribution in [0.1, 0.15) is 11.1 Å². The van der Waals surface area contributed by atoms with Gasteiger partial charge in [-0.1, -0.05) is 23.9 Å². The van der Waals surface area contributed by atoms with Gasteiger partial charge in [0.2, 0.25) is 5.56 Å². The Morgan fingerprint density at radius 2 is 2.07 bits per heavy atom. The number of esters is 1. The highest BCUT2D eigenvalue weighted by Crippen LogP contribution is 2.24. The number of anilines is 1. The van der Waals surface area contributed by atoms with E-state index in [1.165, 1.54) is 17.8 Å². The van der Waals surface area contributed by atoms with Crippen LogP contribution >= 0.6 is 23.5 Å². The first-order chi connectivity index (χ1) is 12.9. The van der Waals surface area contributed by atoms with E-state index in [0.29, 0.717) is 21.8 Å². The third-order valence-electron chi connectivity index (χ3n) is 3.40. The van der Waals surface area contributed by atoms with Crippen molar-refractivity contribution in [1.82, 2.24) is 4.98 Å². The number of pyridine rings is 1. The summed E-state index contributed by atoms with van der Waals surface area (Å²) in [6.07, 6.45) is 1.90. The van der Waals surface area contributed by atoms with Gasteiger partial charge in [-0.3, -0.25) is 14.4 Å². The monoisotopic (exact) mass is 403 g/mol. The number of ether oxygens (including phenoxy) is 1. The maximum Gasteiger partial charge on any atom is 0.316 e. The summed E-state index contributed by atoms with van der Waals surface area (Å²) >= 11 is 2.47. The third kappa shape index (κ3) is 5.91. The highest BCUT2D eigenvalue weighted by Gasteiger charge is 2.13. The molecule has 0 unspecified atom stereocenters. The van der Waals surface area contributed by atoms with Crippen LogP contribution in [0.15, 0.2) is 45.0 Å². The van der Waals surface area contributed by atoms with E-state index in [-0.39, 0.29) is 11.3 Å². The smallest absolute Gasteiger partial charge is 0.316 e. The number of hydrogen-bond donors (Lipinski definition) is 2. The van der Waals surface area contributed by atoms with Crippen molar-refractivity contribution in [3.05, 3.63) is 51.8 Å². The van der Waals surface area contributed by atoms with Crippen molar-refractivity contribution < 1.29 is 14.3 Å². The zero-order chi connectivity index (χ0) is 19.8. The molecule has 0 bridgehead atoms. The predicted molar refractivity (Wildman–Crippen MR) is 105 cm³/mol. The molecule has 0 saturated heterocycles. The van der Waals surface area contributed by atoms with E-state index in [2.05, 4.69) is 10.3 Å². The number of amides is 1. The molecule has 0 saturated carbocycles. The second-order valence-corrected chi connectivity index (χ2v) is 7.16. The number of nitriles is 1. The van der Waals surface area contributed by atoms with Crippen molar-refractivity contribution in [1.29, 1.82) is 5.26 Å². The molecule has 0 aliphatic heterocycles. The van der Waals surface area contributed by atoms with Gasteiger partial charge in [0.15, 0.2) is 6.61 Å². The summed E-state index contributed by atoms with van der Waals surface area (Å²) in [5.74, 6) is -1.21. The van der Waals surface area contributed by atoms with E-state index >= 15 is 0 Å². The van der Waals surface area contributed by atoms with E-state index in [4.69, 9.17) is 10.00 Å². The number of benzene rings is 1. The lowest BCUT2D eigenvalue weighted by atomic mass is 10.2. The van der Waals surface area contributed by atoms with Crippen LogP contribution in [0, 0.1) is 18.3 Å². The maximum atomic E-state index is 12.0. The topological polar surface area (TPSA) is 112 Å². The molecule has 27 heavy (non-hydrogen) atoms. The first-order valence-electron chi connectivity index (χ1n) is 7.80. The molecule has 2 aromatic rings. The highest BCUT2D eigenvalue weighted by molar-refractivity contribution is 8.00. The highest BCUT2D eigenvalue weighted by atomic mass is 32.2. The molecule has 9 heteroatoms. The van der Waals surface area contributed by atoms with E-state index in [1.54, 1.807) is 19.1 Å². The Kier molecular flexibility index (Phi) is 7.52. The molecule has 0 fully saturated rings. The molecule has 0 spiro atoms. The Morgan fingerprint density at radius 1 is 1.33 bits per heavy atom. The molecule has 1 heterocycles. The minimum absolute atomic E-state index is 0.136. The van der Waals surface area contributed by atoms with Gasteiger partial charge in [-0.05, 0) is 30.9 Å². The summed E-state index contributed by atoms with van der Waals surface area (Å²) < 4.78 is 4.95. The molecule has 1 aromatic heterocycles. The summed E-state index contributed by atoms with van der Waals surface area (Å²) in [6, 6.07) is 10.6. The van der Waals surface area contributed by atoms with Gasteiger partial charge < -0.3 is 15.0 Å². The SMILES string of the molecule is CSc1ccccc1NC(=O)COC(=O)CSc1[nH]c(=O)cc(C)c1C#N. The lowest BCUT2D eigenvalue weighted by molar-refractivity contribution is -0.144. The standard InChI is InChI=1S/C18H17N3O4S2/c1-11-7-15(22)21-18(12(11)8-19)27-10-17(24)25-9-16(23)20-13-5-3-4-6-14(13)26-2/h3-7H,9-10H2,1-2H3,(H,20,23)(H,21,22). The van der Waals surface area contributed by atoms with Gasteiger partial charge in [0.1, 0.15) is 6.07 Å². The van der Waals surface area contributed by atoms with E-state index in [0.717, 1.165) is 16.7 Å². The molecule has 140 valence electrons. The average molecular weight is 403 g/mol. The van der Waals surface area contributed by atoms with Crippen LogP contribution in [-0.4, -0.2) is 35.5 Å². The van der Waals surface area contributed by atoms with Crippen molar-refractivity contribution in [3.63, 3.8) is 0 Å². The van der Waals surface area contributed by atoms with E-state index < -0.39 is 18.5 Å². The first kappa shape index (κ1) is 20.6. The number of carbonyl (C=O) groups excluding carboxylic acids is 2. The molecule has 7 nitrogen and oxygen atoms in total. The number of aryl methyl sites for hydroxylation is 1. The number of aromatic nitrogens is 1. The zero-order valence-corrected chi connectivity index (χ0v) is 16.3. The van der Waals surface area contributed by atoms with Gasteiger partial charge in [-0.25, -0.2) is 0 Å². The maximum absolute atomic E-state index is 12.0. The van der Waals surface area contributed by atoms with E-state index in [1.807, 2.05) is 24.5 Å². The molecule has 2 rings (SSSR count). The number of hydrogen-bond acceptors (Lipinski definition) is 7. The Morgan fingerprint density at radius 3 is 2.78 bits per heavy atom. The molecule has 2 N–H and O–H groups in total. The lowest BCUT2D eigenvalue weighted by Crippen LogP contribution is -2.22. The molecule has 1 amide bonds. The lowest BCUT2D eigenvalue weighted by Gasteiger charge is -2.10. The molecule has 0 radical (unpaired) electrons. The molecule has 0 atom stereocenters. The Bertz CT molecular complexity index is 950. The van der Waals surface area contributed by atoms with Crippen LogP contribution < -0.4 is 10.9 Å². The van der Waals surface area contributed by atoms with Gasteiger partial charge in [0, 0.05) is 11.0 Å². The third-order valence-corrected chi connectivity index (χ3v) is 5.17. The summed E-state index contributed by atoms with van der Waals surface area (Å²) in [4.78, 5) is 38.8. The van der Waals surface area contributed by atoms with Crippen molar-refractivity contribution in [2.24, 2.45) is 0 Å². The molecule has 0 aliphatic rings. The largest absolute Gasteiger partial charge is 0.455 e. The van der Waals surface area contributed by atoms with Crippen LogP contribution in [-0.2, 0) is 14.3 Å². The van der Waals surface area contributed by atoms with Crippen molar-refractivity contribution in [3.8, 4) is 6.07 Å². The van der Waals surface area contributed by atoms with E-state index in [9.17, 15) is 14.4 Å². The van der Waals surface area contributed by atoms with Crippen LogP contribution in [0.2, 0.25) is 0 Å². The number of nitrogens with zero attached hydrogens (tertiary/aromatic N) is 1. The van der Waals surface area contributed by atoms with Crippen molar-refractivity contribution in [2.75, 3.05) is 23.9 Å². The molecule has 0 aliphatic carbocycles. The van der Waals surface area contributed by atoms with Gasteiger partial charge in [0.25, 0.3) is 5.91 Å². The van der Waals surface area contributed by atoms with Crippen LogP contribution in [0.25, 0.3) is 0 Å². The number of aromatic amines is 1. The van der Waals surface area contributed by atoms with Gasteiger partial charge >= 0.3 is 5.97 Å². The van der Waals surface area contributed by atoms with Gasteiger partial charge in [0.05, 0.1) is 22.0 Å². The number of H-pyrrole nitrogens is 1. The second kappa shape index (κ2) is 9.85. The minimum Gasteiger partial charge on any atom is -0.455 e. The fourth-order valence-corrected chi connectivity index (χ4v) is 3.58. The first-order valence-corrected chi connectivity index (χ1v) is 10.0. The van der Waals surface area contributed by atoms with Gasteiger partial charge in [-0.2, -0.15) is 5.26 Å². The van der Waals surface area contributed by atoms with Crippen LogP contribution in [0.3, 0.4) is 0 Å². The van der Waals surface area contributed by atoms with Crippen molar-refractivity contribution in [2.45, 2.75) is 16.8 Å². The Hall–Kier alpha value is -2.70. The summed E-state index contributed by atoms with van der Waals surface area (Å²) in [5.41, 5.74) is 1.13. The molecular formula is C18H17N3O4S2. The fraction of sp³-hybridized carbons (Fsp3) is 0.222. The van der Waals surface area contributed by atoms with Crippen LogP contribution in [0.4, 0.5) is 5.69 Å². The zero-order valence-electron chi connectivity index (χ0n) is 14.7. The Balaban J connectivity index is 1.87. The second-order valence-electron chi connectivity index (χ2n) is 5.33. The number of rotatable bonds is 7. The summed E-state index contributed by atoms with van der Waals surface area (Å²) in [6.45, 7) is 1.23. The van der Waals surface area contributed by atoms with Gasteiger partial charge in [-0.15, -0.1) is 11.8 Å². The number of thioether (sulfide) groups is 2. The summed E-state index contributed by atoms with van der Waals surface area (Å²) in [7, 11) is 0. The molecule has 1 aromatic carbocycles. The van der Waals surface area contributed by atoms with Crippen molar-refractivity contribution >= 4 is 41.1 Å². The molecular weight excluding hydrogens is 386 g/mol.